The lowest BCUT2D eigenvalue weighted by Crippen LogP contribution is -2.02. The number of nitrogens with one attached hydrogen (secondary N) is 1. The van der Waals surface area contributed by atoms with Gasteiger partial charge in [0.05, 0.1) is 12.2 Å². The number of alkyl halides is 2. The van der Waals surface area contributed by atoms with Crippen molar-refractivity contribution in [1.29, 1.82) is 0 Å². The molecule has 0 radical (unpaired) electrons. The smallest absolute Gasteiger partial charge is 0.266 e. The number of hydrogen-bond acceptors (Lipinski definition) is 2. The number of methoxy groups -OCH3 is 1. The lowest BCUT2D eigenvalue weighted by atomic mass is 10.2. The van der Waals surface area contributed by atoms with Crippen LogP contribution < -0.4 is 5.32 Å². The zero-order valence-electron chi connectivity index (χ0n) is 10.3. The quantitative estimate of drug-likeness (QED) is 0.785. The lowest BCUT2D eigenvalue weighted by molar-refractivity contribution is 0.146. The van der Waals surface area contributed by atoms with Crippen molar-refractivity contribution >= 4 is 5.69 Å². The van der Waals surface area contributed by atoms with E-state index in [2.05, 4.69) is 5.32 Å². The molecule has 0 aliphatic heterocycles. The number of hydrogen-bond donors (Lipinski definition) is 1. The Morgan fingerprint density at radius 2 is 2.17 bits per heavy atom. The first-order valence-corrected chi connectivity index (χ1v) is 5.50. The highest BCUT2D eigenvalue weighted by molar-refractivity contribution is 5.47. The molecule has 1 rings (SSSR count). The van der Waals surface area contributed by atoms with Gasteiger partial charge in [-0.15, -0.1) is 0 Å². The standard InChI is InChI=1S/C13H16F3NO/c1-9(8-18-2)5-6-17-10-3-4-12(14)11(7-10)13(15)16/h3-5,7,13,17H,6,8H2,1-2H3/b9-5+. The summed E-state index contributed by atoms with van der Waals surface area (Å²) in [5.74, 6) is -0.887. The van der Waals surface area contributed by atoms with Crippen molar-refractivity contribution in [2.45, 2.75) is 13.3 Å². The van der Waals surface area contributed by atoms with Crippen LogP contribution in [0.15, 0.2) is 29.8 Å². The third-order valence-corrected chi connectivity index (χ3v) is 2.36. The zero-order chi connectivity index (χ0) is 13.5. The molecule has 1 N–H and O–H groups in total. The number of halogens is 3. The molecule has 0 aromatic heterocycles. The van der Waals surface area contributed by atoms with E-state index in [0.717, 1.165) is 17.7 Å². The molecule has 1 aromatic rings. The Kier molecular flexibility index (Phi) is 5.71. The molecule has 0 bridgehead atoms. The van der Waals surface area contributed by atoms with Crippen LogP contribution in [0.2, 0.25) is 0 Å². The minimum absolute atomic E-state index is 0.466. The minimum atomic E-state index is -2.81. The van der Waals surface area contributed by atoms with E-state index in [9.17, 15) is 13.2 Å². The Morgan fingerprint density at radius 1 is 1.44 bits per heavy atom. The summed E-state index contributed by atoms with van der Waals surface area (Å²) in [7, 11) is 1.60. The monoisotopic (exact) mass is 259 g/mol. The zero-order valence-corrected chi connectivity index (χ0v) is 10.3. The van der Waals surface area contributed by atoms with Crippen molar-refractivity contribution in [2.75, 3.05) is 25.6 Å². The highest BCUT2D eigenvalue weighted by atomic mass is 19.3. The van der Waals surface area contributed by atoms with Crippen LogP contribution in [0.3, 0.4) is 0 Å². The molecule has 2 nitrogen and oxygen atoms in total. The number of ether oxygens (including phenoxy) is 1. The molecule has 0 saturated carbocycles. The molecule has 0 aliphatic rings. The first-order chi connectivity index (χ1) is 8.54. The van der Waals surface area contributed by atoms with Crippen LogP contribution in [0, 0.1) is 5.82 Å². The van der Waals surface area contributed by atoms with Gasteiger partial charge in [-0.1, -0.05) is 11.6 Å². The summed E-state index contributed by atoms with van der Waals surface area (Å²) in [4.78, 5) is 0. The fourth-order valence-electron chi connectivity index (χ4n) is 1.45. The van der Waals surface area contributed by atoms with Crippen molar-refractivity contribution in [3.8, 4) is 0 Å². The Bertz CT molecular complexity index is 419. The van der Waals surface area contributed by atoms with Crippen molar-refractivity contribution in [1.82, 2.24) is 0 Å². The number of rotatable bonds is 6. The third kappa shape index (κ3) is 4.41. The van der Waals surface area contributed by atoms with E-state index in [1.165, 1.54) is 6.07 Å². The Balaban J connectivity index is 2.63. The second-order valence-electron chi connectivity index (χ2n) is 3.90. The maximum atomic E-state index is 13.0. The summed E-state index contributed by atoms with van der Waals surface area (Å²) in [6, 6.07) is 3.59. The topological polar surface area (TPSA) is 21.3 Å². The molecule has 0 unspecified atom stereocenters. The molecule has 0 atom stereocenters. The molecule has 0 amide bonds. The van der Waals surface area contributed by atoms with E-state index in [1.807, 2.05) is 13.0 Å². The van der Waals surface area contributed by atoms with Crippen LogP contribution in [0.4, 0.5) is 18.9 Å². The van der Waals surface area contributed by atoms with Gasteiger partial charge in [-0.05, 0) is 25.1 Å². The largest absolute Gasteiger partial charge is 0.382 e. The predicted octanol–water partition coefficient (Wildman–Crippen LogP) is 3.77. The highest BCUT2D eigenvalue weighted by Gasteiger charge is 2.13. The summed E-state index contributed by atoms with van der Waals surface area (Å²) in [6.45, 7) is 2.90. The molecule has 18 heavy (non-hydrogen) atoms. The fourth-order valence-corrected chi connectivity index (χ4v) is 1.45. The van der Waals surface area contributed by atoms with Crippen LogP contribution >= 0.6 is 0 Å². The van der Waals surface area contributed by atoms with Gasteiger partial charge in [0.1, 0.15) is 5.82 Å². The van der Waals surface area contributed by atoms with E-state index in [0.29, 0.717) is 18.8 Å². The van der Waals surface area contributed by atoms with Gasteiger partial charge in [0, 0.05) is 19.3 Å². The summed E-state index contributed by atoms with van der Waals surface area (Å²) in [5.41, 5.74) is 0.909. The van der Waals surface area contributed by atoms with Gasteiger partial charge >= 0.3 is 0 Å². The second-order valence-corrected chi connectivity index (χ2v) is 3.90. The van der Waals surface area contributed by atoms with Crippen LogP contribution in [0.25, 0.3) is 0 Å². The number of benzene rings is 1. The second kappa shape index (κ2) is 7.06. The molecule has 1 aromatic carbocycles. The van der Waals surface area contributed by atoms with Gasteiger partial charge in [-0.3, -0.25) is 0 Å². The third-order valence-electron chi connectivity index (χ3n) is 2.36. The lowest BCUT2D eigenvalue weighted by Gasteiger charge is -2.08. The van der Waals surface area contributed by atoms with E-state index in [-0.39, 0.29) is 0 Å². The molecule has 5 heteroatoms. The van der Waals surface area contributed by atoms with Gasteiger partial charge in [-0.2, -0.15) is 0 Å². The van der Waals surface area contributed by atoms with Gasteiger partial charge in [-0.25, -0.2) is 13.2 Å². The van der Waals surface area contributed by atoms with Crippen molar-refractivity contribution < 1.29 is 17.9 Å². The van der Waals surface area contributed by atoms with Crippen LogP contribution in [0.1, 0.15) is 18.9 Å². The minimum Gasteiger partial charge on any atom is -0.382 e. The molecule has 100 valence electrons. The highest BCUT2D eigenvalue weighted by Crippen LogP contribution is 2.24. The van der Waals surface area contributed by atoms with Crippen LogP contribution in [-0.4, -0.2) is 20.3 Å². The van der Waals surface area contributed by atoms with Crippen LogP contribution in [0.5, 0.6) is 0 Å². The SMILES string of the molecule is COC/C(C)=C/CNc1ccc(F)c(C(F)F)c1. The summed E-state index contributed by atoms with van der Waals surface area (Å²) >= 11 is 0. The normalized spacial score (nSPS) is 12.0. The average Bonchev–Trinajstić information content (AvgIpc) is 2.31. The van der Waals surface area contributed by atoms with E-state index in [4.69, 9.17) is 4.74 Å². The average molecular weight is 259 g/mol. The van der Waals surface area contributed by atoms with Gasteiger partial charge in [0.25, 0.3) is 6.43 Å². The van der Waals surface area contributed by atoms with E-state index < -0.39 is 17.8 Å². The summed E-state index contributed by atoms with van der Waals surface area (Å²) in [6.07, 6.45) is -0.924. The molecule has 0 fully saturated rings. The fraction of sp³-hybridized carbons (Fsp3) is 0.385. The number of anilines is 1. The Labute approximate surface area is 104 Å². The summed E-state index contributed by atoms with van der Waals surface area (Å²) in [5, 5.41) is 2.92. The van der Waals surface area contributed by atoms with Crippen molar-refractivity contribution in [3.05, 3.63) is 41.2 Å². The first-order valence-electron chi connectivity index (χ1n) is 5.50. The van der Waals surface area contributed by atoms with E-state index >= 15 is 0 Å². The first kappa shape index (κ1) is 14.6. The Hall–Kier alpha value is -1.49. The van der Waals surface area contributed by atoms with Gasteiger partial charge in [0.2, 0.25) is 0 Å². The molecular weight excluding hydrogens is 243 g/mol. The molecular formula is C13H16F3NO. The maximum absolute atomic E-state index is 13.0. The molecule has 0 aliphatic carbocycles. The molecule has 0 heterocycles. The Morgan fingerprint density at radius 3 is 2.78 bits per heavy atom. The maximum Gasteiger partial charge on any atom is 0.266 e. The van der Waals surface area contributed by atoms with Crippen molar-refractivity contribution in [3.63, 3.8) is 0 Å². The summed E-state index contributed by atoms with van der Waals surface area (Å²) < 4.78 is 42.9. The van der Waals surface area contributed by atoms with E-state index in [1.54, 1.807) is 7.11 Å². The molecule has 0 spiro atoms. The van der Waals surface area contributed by atoms with Gasteiger partial charge < -0.3 is 10.1 Å². The predicted molar refractivity (Wildman–Crippen MR) is 65.5 cm³/mol. The van der Waals surface area contributed by atoms with Crippen molar-refractivity contribution in [2.24, 2.45) is 0 Å². The molecule has 0 saturated heterocycles. The van der Waals surface area contributed by atoms with Crippen LogP contribution in [-0.2, 0) is 4.74 Å². The van der Waals surface area contributed by atoms with Gasteiger partial charge in [0.15, 0.2) is 0 Å².